The fraction of sp³-hybridized carbons (Fsp3) is 0.0588. The van der Waals surface area contributed by atoms with E-state index in [9.17, 15) is 22.8 Å². The number of halogens is 6. The van der Waals surface area contributed by atoms with E-state index in [2.05, 4.69) is 0 Å². The zero-order chi connectivity index (χ0) is 19.9. The van der Waals surface area contributed by atoms with Crippen molar-refractivity contribution in [1.82, 2.24) is 0 Å². The van der Waals surface area contributed by atoms with Crippen molar-refractivity contribution in [3.63, 3.8) is 0 Å². The number of hydrogen-bond acceptors (Lipinski definition) is 3. The smallest absolute Gasteiger partial charge is 0.268 e. The Balaban J connectivity index is 1.99. The number of anilines is 1. The Morgan fingerprint density at radius 2 is 1.67 bits per heavy atom. The van der Waals surface area contributed by atoms with Crippen LogP contribution in [0.3, 0.4) is 0 Å². The van der Waals surface area contributed by atoms with E-state index in [1.54, 1.807) is 12.1 Å². The number of nitrogens with zero attached hydrogens (tertiary/aromatic N) is 1. The third-order valence-electron chi connectivity index (χ3n) is 3.56. The van der Waals surface area contributed by atoms with Gasteiger partial charge in [-0.1, -0.05) is 40.9 Å². The van der Waals surface area contributed by atoms with Gasteiger partial charge in [0.05, 0.1) is 21.2 Å². The van der Waals surface area contributed by atoms with Gasteiger partial charge in [-0.3, -0.25) is 9.59 Å². The van der Waals surface area contributed by atoms with E-state index in [1.807, 2.05) is 0 Å². The Kier molecular flexibility index (Phi) is 5.49. The van der Waals surface area contributed by atoms with Crippen molar-refractivity contribution in [2.45, 2.75) is 6.18 Å². The van der Waals surface area contributed by atoms with Gasteiger partial charge in [0.25, 0.3) is 11.1 Å². The second-order valence-electron chi connectivity index (χ2n) is 5.34. The standard InChI is InChI=1S/C17H7Cl3F3NO2S/c18-9-2-1-8(13(20)6-9)5-14-15(25)24(16(26)27-14)10-3-4-12(19)11(7-10)17(21,22)23/h1-7H/b14-5-. The highest BCUT2D eigenvalue weighted by Crippen LogP contribution is 2.41. The molecule has 1 heterocycles. The predicted octanol–water partition coefficient (Wildman–Crippen LogP) is 6.91. The first-order valence-corrected chi connectivity index (χ1v) is 9.13. The molecule has 0 atom stereocenters. The van der Waals surface area contributed by atoms with Crippen molar-refractivity contribution in [2.24, 2.45) is 0 Å². The van der Waals surface area contributed by atoms with Crippen LogP contribution >= 0.6 is 46.6 Å². The molecule has 0 radical (unpaired) electrons. The number of imide groups is 1. The van der Waals surface area contributed by atoms with Gasteiger partial charge in [0, 0.05) is 10.0 Å². The normalized spacial score (nSPS) is 16.5. The predicted molar refractivity (Wildman–Crippen MR) is 101 cm³/mol. The minimum atomic E-state index is -4.72. The van der Waals surface area contributed by atoms with Crippen molar-refractivity contribution < 1.29 is 22.8 Å². The first-order valence-electron chi connectivity index (χ1n) is 7.17. The lowest BCUT2D eigenvalue weighted by molar-refractivity contribution is -0.137. The van der Waals surface area contributed by atoms with Gasteiger partial charge in [-0.05, 0) is 53.7 Å². The maximum Gasteiger partial charge on any atom is 0.417 e. The fourth-order valence-corrected chi connectivity index (χ4v) is 3.84. The summed E-state index contributed by atoms with van der Waals surface area (Å²) < 4.78 is 39.1. The number of alkyl halides is 3. The Bertz CT molecular complexity index is 992. The summed E-state index contributed by atoms with van der Waals surface area (Å²) in [5.41, 5.74) is -0.913. The minimum absolute atomic E-state index is 0.0210. The molecule has 0 spiro atoms. The lowest BCUT2D eigenvalue weighted by atomic mass is 10.1. The van der Waals surface area contributed by atoms with Gasteiger partial charge in [0.2, 0.25) is 0 Å². The van der Waals surface area contributed by atoms with Crippen LogP contribution in [0.1, 0.15) is 11.1 Å². The minimum Gasteiger partial charge on any atom is -0.268 e. The van der Waals surface area contributed by atoms with E-state index in [4.69, 9.17) is 34.8 Å². The van der Waals surface area contributed by atoms with Gasteiger partial charge in [-0.2, -0.15) is 13.2 Å². The average Bonchev–Trinajstić information content (AvgIpc) is 2.84. The highest BCUT2D eigenvalue weighted by molar-refractivity contribution is 8.19. The molecule has 1 aliphatic rings. The van der Waals surface area contributed by atoms with Crippen LogP contribution in [0.15, 0.2) is 41.3 Å². The van der Waals surface area contributed by atoms with Crippen LogP contribution in [0.25, 0.3) is 6.08 Å². The summed E-state index contributed by atoms with van der Waals surface area (Å²) in [6, 6.07) is 7.40. The molecule has 0 aliphatic carbocycles. The zero-order valence-corrected chi connectivity index (χ0v) is 16.1. The van der Waals surface area contributed by atoms with Crippen molar-refractivity contribution in [2.75, 3.05) is 4.90 Å². The molecule has 0 bridgehead atoms. The molecule has 2 amide bonds. The quantitative estimate of drug-likeness (QED) is 0.465. The Morgan fingerprint density at radius 1 is 0.963 bits per heavy atom. The highest BCUT2D eigenvalue weighted by Gasteiger charge is 2.39. The molecule has 140 valence electrons. The molecule has 0 unspecified atom stereocenters. The maximum atomic E-state index is 13.0. The van der Waals surface area contributed by atoms with Crippen LogP contribution in [0, 0.1) is 0 Å². The molecule has 10 heteroatoms. The summed E-state index contributed by atoms with van der Waals surface area (Å²) in [5, 5.41) is -0.597. The highest BCUT2D eigenvalue weighted by atomic mass is 35.5. The first-order chi connectivity index (χ1) is 12.6. The first kappa shape index (κ1) is 20.1. The molecule has 0 aromatic heterocycles. The summed E-state index contributed by atoms with van der Waals surface area (Å²) >= 11 is 18.0. The van der Waals surface area contributed by atoms with Gasteiger partial charge < -0.3 is 0 Å². The van der Waals surface area contributed by atoms with Gasteiger partial charge in [-0.25, -0.2) is 4.90 Å². The van der Waals surface area contributed by atoms with Crippen LogP contribution in [-0.4, -0.2) is 11.1 Å². The summed E-state index contributed by atoms with van der Waals surface area (Å²) in [6.45, 7) is 0. The lowest BCUT2D eigenvalue weighted by Crippen LogP contribution is -2.28. The number of amides is 2. The lowest BCUT2D eigenvalue weighted by Gasteiger charge is -2.16. The summed E-state index contributed by atoms with van der Waals surface area (Å²) in [7, 11) is 0. The monoisotopic (exact) mass is 451 g/mol. The van der Waals surface area contributed by atoms with Crippen molar-refractivity contribution >= 4 is 69.5 Å². The van der Waals surface area contributed by atoms with Crippen LogP contribution in [0.2, 0.25) is 15.1 Å². The van der Waals surface area contributed by atoms with E-state index in [0.29, 0.717) is 33.3 Å². The second-order valence-corrected chi connectivity index (χ2v) is 7.59. The SMILES string of the molecule is O=C1S/C(=C\c2ccc(Cl)cc2Cl)C(=O)N1c1ccc(Cl)c(C(F)(F)F)c1. The molecule has 1 aliphatic heterocycles. The van der Waals surface area contributed by atoms with E-state index in [1.165, 1.54) is 18.2 Å². The molecule has 0 saturated carbocycles. The molecule has 2 aromatic rings. The fourth-order valence-electron chi connectivity index (χ4n) is 2.32. The molecular formula is C17H7Cl3F3NO2S. The number of carbonyl (C=O) groups excluding carboxylic acids is 2. The Hall–Kier alpha value is -1.67. The summed E-state index contributed by atoms with van der Waals surface area (Å²) in [4.78, 5) is 25.5. The van der Waals surface area contributed by atoms with Gasteiger partial charge in [-0.15, -0.1) is 0 Å². The molecule has 0 N–H and O–H groups in total. The zero-order valence-electron chi connectivity index (χ0n) is 13.0. The number of carbonyl (C=O) groups is 2. The molecule has 2 aromatic carbocycles. The van der Waals surface area contributed by atoms with Gasteiger partial charge in [0.1, 0.15) is 0 Å². The second kappa shape index (κ2) is 7.39. The van der Waals surface area contributed by atoms with Crippen molar-refractivity contribution in [3.05, 3.63) is 67.5 Å². The molecule has 27 heavy (non-hydrogen) atoms. The molecule has 1 fully saturated rings. The Labute approximate surface area is 170 Å². The molecule has 3 nitrogen and oxygen atoms in total. The summed E-state index contributed by atoms with van der Waals surface area (Å²) in [6.07, 6.45) is -3.34. The summed E-state index contributed by atoms with van der Waals surface area (Å²) in [5.74, 6) is -0.758. The number of thioether (sulfide) groups is 1. The largest absolute Gasteiger partial charge is 0.417 e. The molecule has 1 saturated heterocycles. The van der Waals surface area contributed by atoms with E-state index >= 15 is 0 Å². The van der Waals surface area contributed by atoms with Crippen LogP contribution in [0.5, 0.6) is 0 Å². The molecular weight excluding hydrogens is 446 g/mol. The van der Waals surface area contributed by atoms with Crippen LogP contribution < -0.4 is 4.90 Å². The average molecular weight is 453 g/mol. The van der Waals surface area contributed by atoms with Crippen molar-refractivity contribution in [1.29, 1.82) is 0 Å². The third kappa shape index (κ3) is 4.11. The van der Waals surface area contributed by atoms with E-state index in [-0.39, 0.29) is 15.6 Å². The van der Waals surface area contributed by atoms with Gasteiger partial charge >= 0.3 is 6.18 Å². The van der Waals surface area contributed by atoms with Gasteiger partial charge in [0.15, 0.2) is 0 Å². The van der Waals surface area contributed by atoms with E-state index in [0.717, 1.165) is 6.07 Å². The maximum absolute atomic E-state index is 13.0. The third-order valence-corrected chi connectivity index (χ3v) is 5.32. The van der Waals surface area contributed by atoms with E-state index < -0.39 is 27.9 Å². The topological polar surface area (TPSA) is 37.4 Å². The number of benzene rings is 2. The van der Waals surface area contributed by atoms with Crippen LogP contribution in [-0.2, 0) is 11.0 Å². The Morgan fingerprint density at radius 3 is 2.30 bits per heavy atom. The van der Waals surface area contributed by atoms with Crippen LogP contribution in [0.4, 0.5) is 23.7 Å². The van der Waals surface area contributed by atoms with Crippen molar-refractivity contribution in [3.8, 4) is 0 Å². The number of rotatable bonds is 2. The molecule has 3 rings (SSSR count). The number of hydrogen-bond donors (Lipinski definition) is 0.